The van der Waals surface area contributed by atoms with E-state index < -0.39 is 21.7 Å². The van der Waals surface area contributed by atoms with E-state index in [1.165, 1.54) is 24.3 Å². The minimum atomic E-state index is -4.01. The summed E-state index contributed by atoms with van der Waals surface area (Å²) in [5.74, 6) is -1.03. The largest absolute Gasteiger partial charge is 0.322 e. The van der Waals surface area contributed by atoms with E-state index in [0.29, 0.717) is 16.3 Å². The number of nitrogens with one attached hydrogen (secondary N) is 2. The molecule has 3 rings (SSSR count). The Morgan fingerprint density at radius 2 is 1.72 bits per heavy atom. The van der Waals surface area contributed by atoms with Crippen molar-refractivity contribution in [1.82, 2.24) is 0 Å². The Bertz CT molecular complexity index is 1200. The molecule has 0 aromatic heterocycles. The minimum Gasteiger partial charge on any atom is -0.322 e. The van der Waals surface area contributed by atoms with Crippen LogP contribution in [-0.2, 0) is 10.0 Å². The predicted molar refractivity (Wildman–Crippen MR) is 113 cm³/mol. The Morgan fingerprint density at radius 3 is 2.45 bits per heavy atom. The van der Waals surface area contributed by atoms with Crippen molar-refractivity contribution in [1.29, 1.82) is 0 Å². The second-order valence-corrected chi connectivity index (χ2v) is 8.55. The van der Waals surface area contributed by atoms with Crippen LogP contribution >= 0.6 is 11.6 Å². The lowest BCUT2D eigenvalue weighted by Gasteiger charge is -2.12. The van der Waals surface area contributed by atoms with E-state index in [0.717, 1.165) is 11.6 Å². The first-order valence-corrected chi connectivity index (χ1v) is 10.5. The van der Waals surface area contributed by atoms with Crippen LogP contribution in [0.5, 0.6) is 0 Å². The molecule has 0 atom stereocenters. The fourth-order valence-electron chi connectivity index (χ4n) is 2.62. The molecule has 3 aromatic rings. The maximum absolute atomic E-state index is 13.7. The van der Waals surface area contributed by atoms with Gasteiger partial charge in [-0.1, -0.05) is 29.8 Å². The molecule has 0 aliphatic rings. The molecule has 1 amide bonds. The SMILES string of the molecule is Cc1ccc(S(=O)(=O)Nc2cccc(C(=O)Nc3cccc(Cl)c3C)c2)cc1F. The van der Waals surface area contributed by atoms with E-state index in [-0.39, 0.29) is 16.1 Å². The van der Waals surface area contributed by atoms with Gasteiger partial charge < -0.3 is 5.32 Å². The highest BCUT2D eigenvalue weighted by Gasteiger charge is 2.17. The van der Waals surface area contributed by atoms with E-state index in [1.54, 1.807) is 44.2 Å². The number of carbonyl (C=O) groups is 1. The lowest BCUT2D eigenvalue weighted by Crippen LogP contribution is -2.15. The van der Waals surface area contributed by atoms with E-state index in [4.69, 9.17) is 11.6 Å². The Kier molecular flexibility index (Phi) is 5.91. The van der Waals surface area contributed by atoms with Gasteiger partial charge in [-0.05, 0) is 67.4 Å². The lowest BCUT2D eigenvalue weighted by molar-refractivity contribution is 0.102. The van der Waals surface area contributed by atoms with Crippen LogP contribution in [-0.4, -0.2) is 14.3 Å². The van der Waals surface area contributed by atoms with E-state index in [9.17, 15) is 17.6 Å². The predicted octanol–water partition coefficient (Wildman–Crippen LogP) is 5.15. The molecule has 0 bridgehead atoms. The van der Waals surface area contributed by atoms with Gasteiger partial charge in [-0.3, -0.25) is 9.52 Å². The molecule has 0 radical (unpaired) electrons. The Morgan fingerprint density at radius 1 is 1.00 bits per heavy atom. The quantitative estimate of drug-likeness (QED) is 0.585. The van der Waals surface area contributed by atoms with Gasteiger partial charge in [0.25, 0.3) is 15.9 Å². The van der Waals surface area contributed by atoms with Crippen LogP contribution in [0.2, 0.25) is 5.02 Å². The maximum atomic E-state index is 13.7. The van der Waals surface area contributed by atoms with Gasteiger partial charge in [-0.2, -0.15) is 0 Å². The molecule has 0 heterocycles. The van der Waals surface area contributed by atoms with Crippen LogP contribution in [0, 0.1) is 19.7 Å². The number of halogens is 2. The average molecular weight is 433 g/mol. The number of rotatable bonds is 5. The summed E-state index contributed by atoms with van der Waals surface area (Å²) < 4.78 is 41.1. The molecule has 2 N–H and O–H groups in total. The van der Waals surface area contributed by atoms with Crippen molar-refractivity contribution < 1.29 is 17.6 Å². The molecule has 29 heavy (non-hydrogen) atoms. The van der Waals surface area contributed by atoms with Crippen LogP contribution in [0.15, 0.2) is 65.6 Å². The molecule has 0 aliphatic carbocycles. The number of aryl methyl sites for hydroxylation is 1. The Hall–Kier alpha value is -2.90. The molecule has 0 saturated carbocycles. The van der Waals surface area contributed by atoms with Crippen molar-refractivity contribution in [2.45, 2.75) is 18.7 Å². The molecule has 0 unspecified atom stereocenters. The molecule has 8 heteroatoms. The van der Waals surface area contributed by atoms with E-state index in [2.05, 4.69) is 10.0 Å². The van der Waals surface area contributed by atoms with Crippen LogP contribution in [0.4, 0.5) is 15.8 Å². The van der Waals surface area contributed by atoms with E-state index in [1.807, 2.05) is 0 Å². The topological polar surface area (TPSA) is 75.3 Å². The van der Waals surface area contributed by atoms with Gasteiger partial charge in [-0.15, -0.1) is 0 Å². The zero-order chi connectivity index (χ0) is 21.2. The van der Waals surface area contributed by atoms with Gasteiger partial charge in [0.15, 0.2) is 0 Å². The molecular weight excluding hydrogens is 415 g/mol. The van der Waals surface area contributed by atoms with E-state index >= 15 is 0 Å². The van der Waals surface area contributed by atoms with Gasteiger partial charge in [0, 0.05) is 22.0 Å². The second kappa shape index (κ2) is 8.23. The number of hydrogen-bond acceptors (Lipinski definition) is 3. The van der Waals surface area contributed by atoms with Gasteiger partial charge in [-0.25, -0.2) is 12.8 Å². The normalized spacial score (nSPS) is 11.2. The van der Waals surface area contributed by atoms with Crippen molar-refractivity contribution in [2.75, 3.05) is 10.0 Å². The first-order chi connectivity index (χ1) is 13.7. The zero-order valence-electron chi connectivity index (χ0n) is 15.7. The van der Waals surface area contributed by atoms with Crippen molar-refractivity contribution in [2.24, 2.45) is 0 Å². The van der Waals surface area contributed by atoms with Gasteiger partial charge in [0.1, 0.15) is 5.82 Å². The number of amides is 1. The molecule has 5 nitrogen and oxygen atoms in total. The maximum Gasteiger partial charge on any atom is 0.261 e. The minimum absolute atomic E-state index is 0.182. The monoisotopic (exact) mass is 432 g/mol. The number of benzene rings is 3. The van der Waals surface area contributed by atoms with Crippen LogP contribution in [0.3, 0.4) is 0 Å². The molecule has 0 spiro atoms. The summed E-state index contributed by atoms with van der Waals surface area (Å²) >= 11 is 6.07. The van der Waals surface area contributed by atoms with Crippen molar-refractivity contribution in [3.8, 4) is 0 Å². The van der Waals surface area contributed by atoms with Gasteiger partial charge in [0.05, 0.1) is 4.90 Å². The van der Waals surface area contributed by atoms with Crippen molar-refractivity contribution in [3.05, 3.63) is 88.2 Å². The third-order valence-corrected chi connectivity index (χ3v) is 6.13. The standard InChI is InChI=1S/C21H18ClFN2O3S/c1-13-9-10-17(12-19(13)23)29(27,28)25-16-6-3-5-15(11-16)21(26)24-20-8-4-7-18(22)14(20)2/h3-12,25H,1-2H3,(H,24,26). The fraction of sp³-hybridized carbons (Fsp3) is 0.0952. The summed E-state index contributed by atoms with van der Waals surface area (Å²) in [6.07, 6.45) is 0. The first kappa shape index (κ1) is 20.8. The summed E-state index contributed by atoms with van der Waals surface area (Å²) in [4.78, 5) is 12.4. The third kappa shape index (κ3) is 4.75. The highest BCUT2D eigenvalue weighted by Crippen LogP contribution is 2.24. The molecule has 0 aliphatic heterocycles. The van der Waals surface area contributed by atoms with Gasteiger partial charge >= 0.3 is 0 Å². The first-order valence-electron chi connectivity index (χ1n) is 8.63. The highest BCUT2D eigenvalue weighted by molar-refractivity contribution is 7.92. The van der Waals surface area contributed by atoms with Crippen LogP contribution < -0.4 is 10.0 Å². The molecule has 0 fully saturated rings. The smallest absolute Gasteiger partial charge is 0.261 e. The summed E-state index contributed by atoms with van der Waals surface area (Å²) in [5.41, 5.74) is 2.06. The molecule has 0 saturated heterocycles. The summed E-state index contributed by atoms with van der Waals surface area (Å²) in [6, 6.07) is 14.8. The number of carbonyl (C=O) groups excluding carboxylic acids is 1. The molecule has 150 valence electrons. The third-order valence-electron chi connectivity index (χ3n) is 4.35. The number of anilines is 2. The summed E-state index contributed by atoms with van der Waals surface area (Å²) in [5, 5.41) is 3.28. The average Bonchev–Trinajstić information content (AvgIpc) is 2.67. The highest BCUT2D eigenvalue weighted by atomic mass is 35.5. The summed E-state index contributed by atoms with van der Waals surface area (Å²) in [7, 11) is -4.01. The van der Waals surface area contributed by atoms with Crippen LogP contribution in [0.1, 0.15) is 21.5 Å². The molecular formula is C21H18ClFN2O3S. The number of sulfonamides is 1. The molecule has 3 aromatic carbocycles. The van der Waals surface area contributed by atoms with Crippen molar-refractivity contribution in [3.63, 3.8) is 0 Å². The Labute approximate surface area is 173 Å². The second-order valence-electron chi connectivity index (χ2n) is 6.46. The van der Waals surface area contributed by atoms with Crippen LogP contribution in [0.25, 0.3) is 0 Å². The lowest BCUT2D eigenvalue weighted by atomic mass is 10.1. The van der Waals surface area contributed by atoms with Gasteiger partial charge in [0.2, 0.25) is 0 Å². The fourth-order valence-corrected chi connectivity index (χ4v) is 3.85. The number of hydrogen-bond donors (Lipinski definition) is 2. The zero-order valence-corrected chi connectivity index (χ0v) is 17.2. The van der Waals surface area contributed by atoms with Crippen molar-refractivity contribution >= 4 is 38.9 Å². The Balaban J connectivity index is 1.82. The summed E-state index contributed by atoms with van der Waals surface area (Å²) in [6.45, 7) is 3.33.